The molecule has 0 aliphatic heterocycles. The Morgan fingerprint density at radius 3 is 2.38 bits per heavy atom. The summed E-state index contributed by atoms with van der Waals surface area (Å²) in [5.41, 5.74) is 6.96. The largest absolute Gasteiger partial charge is 0.345 e. The SMILES string of the molecule is CS(=O)(=O)c1cccc(C(NC(=O)CCCN)c2ccc(Cl)cc2)c1.Cl. The number of rotatable bonds is 7. The van der Waals surface area contributed by atoms with Gasteiger partial charge in [0, 0.05) is 17.7 Å². The van der Waals surface area contributed by atoms with E-state index in [-0.39, 0.29) is 23.2 Å². The highest BCUT2D eigenvalue weighted by Gasteiger charge is 2.18. The third-order valence-electron chi connectivity index (χ3n) is 3.74. The number of carbonyl (C=O) groups is 1. The molecule has 0 bridgehead atoms. The summed E-state index contributed by atoms with van der Waals surface area (Å²) in [6.07, 6.45) is 2.05. The van der Waals surface area contributed by atoms with Crippen LogP contribution in [0.1, 0.15) is 30.0 Å². The van der Waals surface area contributed by atoms with Crippen molar-refractivity contribution in [1.29, 1.82) is 0 Å². The Morgan fingerprint density at radius 1 is 1.15 bits per heavy atom. The zero-order valence-corrected chi connectivity index (χ0v) is 16.7. The van der Waals surface area contributed by atoms with E-state index in [4.69, 9.17) is 17.3 Å². The van der Waals surface area contributed by atoms with Crippen molar-refractivity contribution in [1.82, 2.24) is 5.32 Å². The lowest BCUT2D eigenvalue weighted by Gasteiger charge is -2.20. The number of nitrogens with two attached hydrogens (primary N) is 1. The fraction of sp³-hybridized carbons (Fsp3) is 0.278. The molecule has 1 atom stereocenters. The van der Waals surface area contributed by atoms with E-state index in [0.29, 0.717) is 30.0 Å². The van der Waals surface area contributed by atoms with E-state index in [2.05, 4.69) is 5.32 Å². The molecule has 0 radical (unpaired) electrons. The maximum atomic E-state index is 12.2. The molecule has 1 amide bonds. The van der Waals surface area contributed by atoms with Gasteiger partial charge in [0.25, 0.3) is 0 Å². The lowest BCUT2D eigenvalue weighted by Crippen LogP contribution is -2.29. The molecule has 2 rings (SSSR count). The van der Waals surface area contributed by atoms with Crippen LogP contribution in [0.2, 0.25) is 5.02 Å². The van der Waals surface area contributed by atoms with Crippen molar-refractivity contribution >= 4 is 39.8 Å². The first-order valence-electron chi connectivity index (χ1n) is 7.86. The summed E-state index contributed by atoms with van der Waals surface area (Å²) >= 11 is 5.94. The van der Waals surface area contributed by atoms with Gasteiger partial charge >= 0.3 is 0 Å². The van der Waals surface area contributed by atoms with Crippen LogP contribution < -0.4 is 11.1 Å². The predicted octanol–water partition coefficient (Wildman–Crippen LogP) is 3.11. The Labute approximate surface area is 165 Å². The second-order valence-electron chi connectivity index (χ2n) is 5.79. The number of hydrogen-bond acceptors (Lipinski definition) is 4. The fourth-order valence-electron chi connectivity index (χ4n) is 2.43. The molecule has 0 aliphatic carbocycles. The number of carbonyl (C=O) groups excluding carboxylic acids is 1. The zero-order chi connectivity index (χ0) is 18.4. The van der Waals surface area contributed by atoms with Crippen LogP contribution in [-0.4, -0.2) is 27.1 Å². The van der Waals surface area contributed by atoms with Crippen molar-refractivity contribution in [3.63, 3.8) is 0 Å². The second-order valence-corrected chi connectivity index (χ2v) is 8.24. The maximum Gasteiger partial charge on any atom is 0.220 e. The molecule has 1 unspecified atom stereocenters. The number of benzene rings is 2. The maximum absolute atomic E-state index is 12.2. The minimum Gasteiger partial charge on any atom is -0.345 e. The molecule has 26 heavy (non-hydrogen) atoms. The molecule has 0 fully saturated rings. The molecule has 0 heterocycles. The molecule has 2 aromatic rings. The Morgan fingerprint density at radius 2 is 1.81 bits per heavy atom. The molecule has 2 aromatic carbocycles. The Bertz CT molecular complexity index is 840. The number of nitrogens with one attached hydrogen (secondary N) is 1. The van der Waals surface area contributed by atoms with Crippen molar-refractivity contribution < 1.29 is 13.2 Å². The highest BCUT2D eigenvalue weighted by molar-refractivity contribution is 7.90. The summed E-state index contributed by atoms with van der Waals surface area (Å²) in [6, 6.07) is 13.2. The number of amides is 1. The van der Waals surface area contributed by atoms with E-state index in [9.17, 15) is 13.2 Å². The standard InChI is InChI=1S/C18H21ClN2O3S.ClH/c1-25(23,24)16-5-2-4-14(12-16)18(21-17(22)6-3-11-20)13-7-9-15(19)10-8-13;/h2,4-5,7-10,12,18H,3,6,11,20H2,1H3,(H,21,22);1H. The topological polar surface area (TPSA) is 89.3 Å². The van der Waals surface area contributed by atoms with Crippen LogP contribution >= 0.6 is 24.0 Å². The average molecular weight is 417 g/mol. The smallest absolute Gasteiger partial charge is 0.220 e. The monoisotopic (exact) mass is 416 g/mol. The van der Waals surface area contributed by atoms with Crippen LogP contribution in [0.15, 0.2) is 53.4 Å². The molecule has 142 valence electrons. The third kappa shape index (κ3) is 6.29. The molecule has 3 N–H and O–H groups in total. The molecule has 0 aromatic heterocycles. The lowest BCUT2D eigenvalue weighted by molar-refractivity contribution is -0.121. The van der Waals surface area contributed by atoms with Crippen LogP contribution in [0.5, 0.6) is 0 Å². The Kier molecular flexibility index (Phi) is 8.56. The van der Waals surface area contributed by atoms with Gasteiger partial charge in [-0.05, 0) is 48.4 Å². The van der Waals surface area contributed by atoms with Gasteiger partial charge in [-0.15, -0.1) is 12.4 Å². The van der Waals surface area contributed by atoms with Gasteiger partial charge in [0.15, 0.2) is 9.84 Å². The first-order chi connectivity index (χ1) is 11.8. The van der Waals surface area contributed by atoms with Crippen LogP contribution in [0.4, 0.5) is 0 Å². The summed E-state index contributed by atoms with van der Waals surface area (Å²) in [4.78, 5) is 12.4. The van der Waals surface area contributed by atoms with Gasteiger partial charge in [0.1, 0.15) is 0 Å². The minimum atomic E-state index is -3.34. The summed E-state index contributed by atoms with van der Waals surface area (Å²) in [6.45, 7) is 0.433. The lowest BCUT2D eigenvalue weighted by atomic mass is 9.98. The summed E-state index contributed by atoms with van der Waals surface area (Å²) in [5.74, 6) is -0.143. The molecule has 0 spiro atoms. The van der Waals surface area contributed by atoms with Crippen LogP contribution in [0, 0.1) is 0 Å². The molecule has 8 heteroatoms. The van der Waals surface area contributed by atoms with Crippen molar-refractivity contribution in [2.24, 2.45) is 5.73 Å². The van der Waals surface area contributed by atoms with E-state index in [0.717, 1.165) is 11.8 Å². The van der Waals surface area contributed by atoms with E-state index < -0.39 is 15.9 Å². The van der Waals surface area contributed by atoms with Gasteiger partial charge in [0.05, 0.1) is 10.9 Å². The molecule has 0 saturated heterocycles. The summed E-state index contributed by atoms with van der Waals surface area (Å²) in [5, 5.41) is 3.54. The number of hydrogen-bond donors (Lipinski definition) is 2. The summed E-state index contributed by atoms with van der Waals surface area (Å²) in [7, 11) is -3.34. The van der Waals surface area contributed by atoms with Crippen molar-refractivity contribution in [2.45, 2.75) is 23.8 Å². The number of halogens is 2. The first kappa shape index (κ1) is 22.4. The third-order valence-corrected chi connectivity index (χ3v) is 5.10. The van der Waals surface area contributed by atoms with E-state index in [1.807, 2.05) is 12.1 Å². The quantitative estimate of drug-likeness (QED) is 0.725. The van der Waals surface area contributed by atoms with Crippen LogP contribution in [0.3, 0.4) is 0 Å². The Balaban J connectivity index is 0.00000338. The van der Waals surface area contributed by atoms with Gasteiger partial charge in [0.2, 0.25) is 5.91 Å². The number of sulfone groups is 1. The van der Waals surface area contributed by atoms with Crippen molar-refractivity contribution in [3.8, 4) is 0 Å². The predicted molar refractivity (Wildman–Crippen MR) is 107 cm³/mol. The molecular weight excluding hydrogens is 395 g/mol. The first-order valence-corrected chi connectivity index (χ1v) is 10.1. The van der Waals surface area contributed by atoms with E-state index in [1.165, 1.54) is 6.07 Å². The van der Waals surface area contributed by atoms with E-state index >= 15 is 0 Å². The van der Waals surface area contributed by atoms with Gasteiger partial charge < -0.3 is 11.1 Å². The fourth-order valence-corrected chi connectivity index (χ4v) is 3.24. The minimum absolute atomic E-state index is 0. The van der Waals surface area contributed by atoms with Gasteiger partial charge in [-0.1, -0.05) is 35.9 Å². The van der Waals surface area contributed by atoms with Crippen LogP contribution in [0.25, 0.3) is 0 Å². The normalized spacial score (nSPS) is 12.1. The van der Waals surface area contributed by atoms with Crippen LogP contribution in [-0.2, 0) is 14.6 Å². The van der Waals surface area contributed by atoms with Crippen molar-refractivity contribution in [3.05, 3.63) is 64.7 Å². The Hall–Kier alpha value is -1.60. The highest BCUT2D eigenvalue weighted by Crippen LogP contribution is 2.25. The van der Waals surface area contributed by atoms with E-state index in [1.54, 1.807) is 30.3 Å². The highest BCUT2D eigenvalue weighted by atomic mass is 35.5. The molecule has 5 nitrogen and oxygen atoms in total. The molecule has 0 saturated carbocycles. The zero-order valence-electron chi connectivity index (χ0n) is 14.3. The second kappa shape index (κ2) is 9.92. The molecule has 0 aliphatic rings. The van der Waals surface area contributed by atoms with Crippen molar-refractivity contribution in [2.75, 3.05) is 12.8 Å². The van der Waals surface area contributed by atoms with Gasteiger partial charge in [-0.2, -0.15) is 0 Å². The summed E-state index contributed by atoms with van der Waals surface area (Å²) < 4.78 is 23.7. The molecular formula is C18H22Cl2N2O3S. The average Bonchev–Trinajstić information content (AvgIpc) is 2.58. The van der Waals surface area contributed by atoms with Gasteiger partial charge in [-0.25, -0.2) is 8.42 Å². The van der Waals surface area contributed by atoms with Gasteiger partial charge in [-0.3, -0.25) is 4.79 Å².